The molecule has 2 aromatic rings. The van der Waals surface area contributed by atoms with E-state index in [4.69, 9.17) is 5.26 Å². The Morgan fingerprint density at radius 1 is 1.00 bits per heavy atom. The Morgan fingerprint density at radius 3 is 2.17 bits per heavy atom. The third-order valence-electron chi connectivity index (χ3n) is 2.92. The fourth-order valence-corrected chi connectivity index (χ4v) is 1.88. The predicted octanol–water partition coefficient (Wildman–Crippen LogP) is 3.35. The van der Waals surface area contributed by atoms with Crippen molar-refractivity contribution in [3.05, 3.63) is 35.3 Å². The Morgan fingerprint density at radius 2 is 1.65 bits per heavy atom. The van der Waals surface area contributed by atoms with Gasteiger partial charge in [0.05, 0.1) is 17.5 Å². The Kier molecular flexibility index (Phi) is 4.74. The molecule has 0 fully saturated rings. The number of hydrogen-bond donors (Lipinski definition) is 0. The molecule has 0 aliphatic carbocycles. The number of hydrogen-bond acceptors (Lipinski definition) is 5. The van der Waals surface area contributed by atoms with E-state index in [9.17, 15) is 17.6 Å². The van der Waals surface area contributed by atoms with Crippen molar-refractivity contribution in [2.75, 3.05) is 19.0 Å². The fraction of sp³-hybridized carbons (Fsp3) is 0.286. The molecule has 9 heteroatoms. The van der Waals surface area contributed by atoms with Crippen LogP contribution in [0.15, 0.2) is 18.3 Å². The summed E-state index contributed by atoms with van der Waals surface area (Å²) in [6.45, 7) is 0. The van der Waals surface area contributed by atoms with Gasteiger partial charge in [-0.15, -0.1) is 0 Å². The molecule has 0 bridgehead atoms. The van der Waals surface area contributed by atoms with Gasteiger partial charge in [-0.25, -0.2) is 27.5 Å². The number of rotatable bonds is 4. The summed E-state index contributed by atoms with van der Waals surface area (Å²) in [5.41, 5.74) is -1.76. The molecule has 0 saturated heterocycles. The van der Waals surface area contributed by atoms with Crippen LogP contribution >= 0.6 is 0 Å². The summed E-state index contributed by atoms with van der Waals surface area (Å²) in [5, 5.41) is 9.02. The minimum absolute atomic E-state index is 0.0720. The third-order valence-corrected chi connectivity index (χ3v) is 2.92. The summed E-state index contributed by atoms with van der Waals surface area (Å²) >= 11 is 0. The largest absolute Gasteiger partial charge is 0.362 e. The number of halogens is 4. The van der Waals surface area contributed by atoms with Crippen molar-refractivity contribution in [2.45, 2.75) is 12.9 Å². The van der Waals surface area contributed by atoms with E-state index in [1.165, 1.54) is 12.1 Å². The molecule has 2 rings (SSSR count). The van der Waals surface area contributed by atoms with Crippen molar-refractivity contribution in [3.8, 4) is 17.5 Å². The van der Waals surface area contributed by atoms with Crippen molar-refractivity contribution >= 4 is 5.82 Å². The zero-order valence-electron chi connectivity index (χ0n) is 12.1. The molecule has 0 aliphatic rings. The van der Waals surface area contributed by atoms with E-state index in [-0.39, 0.29) is 17.0 Å². The minimum atomic E-state index is -3.18. The Bertz CT molecular complexity index is 755. The molecule has 0 saturated carbocycles. The van der Waals surface area contributed by atoms with Crippen molar-refractivity contribution < 1.29 is 17.6 Å². The Labute approximate surface area is 129 Å². The maximum absolute atomic E-state index is 12.9. The fourth-order valence-electron chi connectivity index (χ4n) is 1.88. The van der Waals surface area contributed by atoms with Crippen LogP contribution in [-0.2, 0) is 0 Å². The monoisotopic (exact) mass is 325 g/mol. The molecule has 0 spiro atoms. The smallest absolute Gasteiger partial charge is 0.282 e. The Balaban J connectivity index is 2.57. The normalized spacial score (nSPS) is 10.9. The number of nitrogens with zero attached hydrogens (tertiary/aromatic N) is 5. The first-order chi connectivity index (χ1) is 10.8. The quantitative estimate of drug-likeness (QED) is 0.807. The maximum Gasteiger partial charge on any atom is 0.282 e. The average molecular weight is 325 g/mol. The first kappa shape index (κ1) is 16.6. The summed E-state index contributed by atoms with van der Waals surface area (Å²) in [7, 11) is 3.31. The molecule has 0 aromatic carbocycles. The van der Waals surface area contributed by atoms with Gasteiger partial charge in [0.25, 0.3) is 12.9 Å². The topological polar surface area (TPSA) is 65.7 Å². The lowest BCUT2D eigenvalue weighted by Crippen LogP contribution is -2.13. The SMILES string of the molecule is CN(C)c1nc(-c2cnc(C(F)F)c(C(F)F)n2)ccc1C#N. The van der Waals surface area contributed by atoms with Crippen LogP contribution in [0.4, 0.5) is 23.4 Å². The van der Waals surface area contributed by atoms with Gasteiger partial charge in [-0.05, 0) is 12.1 Å². The summed E-state index contributed by atoms with van der Waals surface area (Å²) in [4.78, 5) is 12.7. The van der Waals surface area contributed by atoms with Gasteiger partial charge in [0, 0.05) is 14.1 Å². The van der Waals surface area contributed by atoms with Crippen LogP contribution in [-0.4, -0.2) is 29.0 Å². The summed E-state index contributed by atoms with van der Waals surface area (Å²) < 4.78 is 51.2. The van der Waals surface area contributed by atoms with E-state index in [2.05, 4.69) is 15.0 Å². The number of pyridine rings is 1. The zero-order chi connectivity index (χ0) is 17.1. The molecule has 0 unspecified atom stereocenters. The molecule has 0 aliphatic heterocycles. The van der Waals surface area contributed by atoms with Gasteiger partial charge >= 0.3 is 0 Å². The highest BCUT2D eigenvalue weighted by molar-refractivity contribution is 5.62. The van der Waals surface area contributed by atoms with Crippen LogP contribution in [0.3, 0.4) is 0 Å². The number of anilines is 1. The summed E-state index contributed by atoms with van der Waals surface area (Å²) in [6.07, 6.45) is -5.37. The van der Waals surface area contributed by atoms with E-state index in [0.29, 0.717) is 5.82 Å². The van der Waals surface area contributed by atoms with Crippen molar-refractivity contribution in [1.82, 2.24) is 15.0 Å². The molecule has 23 heavy (non-hydrogen) atoms. The minimum Gasteiger partial charge on any atom is -0.362 e. The molecule has 0 amide bonds. The van der Waals surface area contributed by atoms with Gasteiger partial charge in [-0.3, -0.25) is 4.98 Å². The second kappa shape index (κ2) is 6.56. The van der Waals surface area contributed by atoms with Crippen LogP contribution in [0, 0.1) is 11.3 Å². The Hall–Kier alpha value is -2.76. The van der Waals surface area contributed by atoms with E-state index in [1.807, 2.05) is 6.07 Å². The third kappa shape index (κ3) is 3.36. The van der Waals surface area contributed by atoms with Gasteiger partial charge in [-0.1, -0.05) is 0 Å². The van der Waals surface area contributed by atoms with E-state index < -0.39 is 24.2 Å². The van der Waals surface area contributed by atoms with Crippen LogP contribution < -0.4 is 4.90 Å². The summed E-state index contributed by atoms with van der Waals surface area (Å²) in [5.74, 6) is 0.309. The van der Waals surface area contributed by atoms with Gasteiger partial charge in [0.15, 0.2) is 0 Å². The first-order valence-corrected chi connectivity index (χ1v) is 6.37. The van der Waals surface area contributed by atoms with Crippen LogP contribution in [0.25, 0.3) is 11.4 Å². The van der Waals surface area contributed by atoms with Crippen molar-refractivity contribution in [1.29, 1.82) is 5.26 Å². The summed E-state index contributed by atoms with van der Waals surface area (Å²) in [6, 6.07) is 4.79. The molecule has 0 radical (unpaired) electrons. The standard InChI is InChI=1S/C14H11F4N5/c1-23(2)14-7(5-19)3-4-8(22-14)9-6-20-10(12(15)16)11(21-9)13(17)18/h3-4,6,12-13H,1-2H3. The molecule has 2 aromatic heterocycles. The lowest BCUT2D eigenvalue weighted by Gasteiger charge is -2.14. The predicted molar refractivity (Wildman–Crippen MR) is 74.2 cm³/mol. The molecule has 0 atom stereocenters. The van der Waals surface area contributed by atoms with Gasteiger partial charge in [0.1, 0.15) is 29.0 Å². The van der Waals surface area contributed by atoms with E-state index in [0.717, 1.165) is 6.20 Å². The molecule has 0 N–H and O–H groups in total. The zero-order valence-corrected chi connectivity index (χ0v) is 12.1. The maximum atomic E-state index is 12.9. The van der Waals surface area contributed by atoms with Crippen molar-refractivity contribution in [2.24, 2.45) is 0 Å². The first-order valence-electron chi connectivity index (χ1n) is 6.37. The van der Waals surface area contributed by atoms with Gasteiger partial charge in [0.2, 0.25) is 0 Å². The highest BCUT2D eigenvalue weighted by atomic mass is 19.3. The van der Waals surface area contributed by atoms with Gasteiger partial charge in [-0.2, -0.15) is 5.26 Å². The number of alkyl halides is 4. The highest BCUT2D eigenvalue weighted by Gasteiger charge is 2.24. The molecule has 120 valence electrons. The van der Waals surface area contributed by atoms with Crippen LogP contribution in [0.2, 0.25) is 0 Å². The van der Waals surface area contributed by atoms with E-state index in [1.54, 1.807) is 19.0 Å². The highest BCUT2D eigenvalue weighted by Crippen LogP contribution is 2.29. The van der Waals surface area contributed by atoms with Crippen LogP contribution in [0.1, 0.15) is 29.8 Å². The number of nitriles is 1. The van der Waals surface area contributed by atoms with Gasteiger partial charge < -0.3 is 4.90 Å². The number of aromatic nitrogens is 3. The lowest BCUT2D eigenvalue weighted by atomic mass is 10.2. The van der Waals surface area contributed by atoms with E-state index >= 15 is 0 Å². The molecular formula is C14H11F4N5. The molecule has 5 nitrogen and oxygen atoms in total. The van der Waals surface area contributed by atoms with Crippen molar-refractivity contribution in [3.63, 3.8) is 0 Å². The average Bonchev–Trinajstić information content (AvgIpc) is 2.53. The lowest BCUT2D eigenvalue weighted by molar-refractivity contribution is 0.116. The second-order valence-electron chi connectivity index (χ2n) is 4.70. The molecule has 2 heterocycles. The second-order valence-corrected chi connectivity index (χ2v) is 4.70. The van der Waals surface area contributed by atoms with Crippen LogP contribution in [0.5, 0.6) is 0 Å². The molecular weight excluding hydrogens is 314 g/mol.